The van der Waals surface area contributed by atoms with Crippen LogP contribution in [0.4, 0.5) is 29.4 Å². The fourth-order valence-electron chi connectivity index (χ4n) is 3.75. The number of anilines is 5. The van der Waals surface area contributed by atoms with Crippen molar-refractivity contribution in [1.82, 2.24) is 30.7 Å². The molecule has 0 unspecified atom stereocenters. The minimum absolute atomic E-state index is 0. The van der Waals surface area contributed by atoms with Gasteiger partial charge in [0, 0.05) is 31.9 Å². The maximum Gasteiger partial charge on any atom is 0.297 e. The Morgan fingerprint density at radius 3 is 2.03 bits per heavy atom. The summed E-state index contributed by atoms with van der Waals surface area (Å²) in [4.78, 5) is 30.3. The second kappa shape index (κ2) is 12.4. The van der Waals surface area contributed by atoms with E-state index in [0.29, 0.717) is 50.0 Å². The van der Waals surface area contributed by atoms with E-state index >= 15 is 0 Å². The molecule has 0 saturated carbocycles. The Morgan fingerprint density at radius 2 is 1.50 bits per heavy atom. The molecule has 5 rings (SSSR count). The summed E-state index contributed by atoms with van der Waals surface area (Å²) in [7, 11) is 0. The molecular formula is C22H28ClN11O4. The number of halogens is 1. The minimum atomic E-state index is -0.613. The molecular weight excluding hydrogens is 518 g/mol. The van der Waals surface area contributed by atoms with E-state index in [1.165, 1.54) is 0 Å². The maximum atomic E-state index is 12.1. The molecule has 4 heterocycles. The van der Waals surface area contributed by atoms with Gasteiger partial charge in [-0.2, -0.15) is 20.1 Å². The van der Waals surface area contributed by atoms with Crippen molar-refractivity contribution in [2.45, 2.75) is 6.92 Å². The lowest BCUT2D eigenvalue weighted by Crippen LogP contribution is -2.40. The second-order valence-corrected chi connectivity index (χ2v) is 8.30. The van der Waals surface area contributed by atoms with Gasteiger partial charge in [0.2, 0.25) is 29.4 Å². The summed E-state index contributed by atoms with van der Waals surface area (Å²) < 4.78 is 15.4. The molecule has 16 heteroatoms. The summed E-state index contributed by atoms with van der Waals surface area (Å²) in [6, 6.07) is 7.49. The Labute approximate surface area is 224 Å². The molecule has 2 aromatic heterocycles. The van der Waals surface area contributed by atoms with E-state index in [-0.39, 0.29) is 23.9 Å². The van der Waals surface area contributed by atoms with Crippen molar-refractivity contribution in [3.8, 4) is 0 Å². The summed E-state index contributed by atoms with van der Waals surface area (Å²) >= 11 is 0. The van der Waals surface area contributed by atoms with Crippen LogP contribution < -0.4 is 26.3 Å². The zero-order valence-electron chi connectivity index (χ0n) is 20.7. The van der Waals surface area contributed by atoms with E-state index in [1.54, 1.807) is 6.92 Å². The first-order chi connectivity index (χ1) is 18.1. The molecule has 0 spiro atoms. The first kappa shape index (κ1) is 27.0. The number of carbonyl (C=O) groups excluding carboxylic acids is 1. The number of hydrogen-bond donors (Lipinski definition) is 3. The van der Waals surface area contributed by atoms with Crippen LogP contribution in [0.5, 0.6) is 0 Å². The fraction of sp³-hybridized carbons (Fsp3) is 0.409. The van der Waals surface area contributed by atoms with E-state index in [9.17, 15) is 4.79 Å². The highest BCUT2D eigenvalue weighted by Gasteiger charge is 2.21. The van der Waals surface area contributed by atoms with E-state index in [1.807, 2.05) is 24.3 Å². The third kappa shape index (κ3) is 6.42. The third-order valence-electron chi connectivity index (χ3n) is 5.81. The highest BCUT2D eigenvalue weighted by Crippen LogP contribution is 2.21. The molecule has 2 fully saturated rings. The van der Waals surface area contributed by atoms with Crippen molar-refractivity contribution < 1.29 is 18.9 Å². The summed E-state index contributed by atoms with van der Waals surface area (Å²) in [6.07, 6.45) is 0. The van der Waals surface area contributed by atoms with Gasteiger partial charge in [0.1, 0.15) is 0 Å². The summed E-state index contributed by atoms with van der Waals surface area (Å²) in [5.74, 6) is 0.953. The molecule has 2 aliphatic heterocycles. The van der Waals surface area contributed by atoms with Crippen molar-refractivity contribution in [2.75, 3.05) is 73.5 Å². The monoisotopic (exact) mass is 545 g/mol. The Balaban J connectivity index is 0.00000336. The van der Waals surface area contributed by atoms with Gasteiger partial charge in [-0.15, -0.1) is 12.4 Å². The average molecular weight is 546 g/mol. The Morgan fingerprint density at radius 1 is 0.921 bits per heavy atom. The van der Waals surface area contributed by atoms with Crippen LogP contribution in [0.15, 0.2) is 34.0 Å². The number of amides is 1. The predicted octanol–water partition coefficient (Wildman–Crippen LogP) is 0.829. The molecule has 1 amide bonds. The zero-order chi connectivity index (χ0) is 25.6. The Bertz CT molecular complexity index is 1220. The van der Waals surface area contributed by atoms with Crippen molar-refractivity contribution in [3.05, 3.63) is 35.5 Å². The number of hydrazone groups is 1. The minimum Gasteiger partial charge on any atom is -0.379 e. The maximum absolute atomic E-state index is 12.1. The number of nitrogens with zero attached hydrogens (tertiary/aromatic N) is 8. The largest absolute Gasteiger partial charge is 0.379 e. The highest BCUT2D eigenvalue weighted by atomic mass is 35.5. The standard InChI is InChI=1S/C22H27N11O4.ClH/c1-14(28-29-19(34)17-18(23)31-37-30-17)15-2-4-16(5-3-15)24-20-25-21(32-6-10-35-11-7-32)27-22(26-20)33-8-12-36-13-9-33;/h2-5H,6-13H2,1H3,(H2,23,31)(H,29,34)(H,24,25,26,27);1H. The van der Waals surface area contributed by atoms with Gasteiger partial charge in [0.15, 0.2) is 0 Å². The molecule has 0 radical (unpaired) electrons. The number of aromatic nitrogens is 5. The molecule has 15 nitrogen and oxygen atoms in total. The van der Waals surface area contributed by atoms with Crippen molar-refractivity contribution in [2.24, 2.45) is 5.10 Å². The van der Waals surface area contributed by atoms with Gasteiger partial charge >= 0.3 is 0 Å². The average Bonchev–Trinajstić information content (AvgIpc) is 3.38. The molecule has 3 aromatic rings. The number of carbonyl (C=O) groups is 1. The van der Waals surface area contributed by atoms with Crippen LogP contribution in [0.2, 0.25) is 0 Å². The van der Waals surface area contributed by atoms with Gasteiger partial charge in [0.05, 0.1) is 32.1 Å². The topological polar surface area (TPSA) is 182 Å². The number of nitrogen functional groups attached to an aromatic ring is 1. The van der Waals surface area contributed by atoms with Gasteiger partial charge in [-0.3, -0.25) is 4.79 Å². The highest BCUT2D eigenvalue weighted by molar-refractivity contribution is 6.01. The van der Waals surface area contributed by atoms with Crippen molar-refractivity contribution in [1.29, 1.82) is 0 Å². The van der Waals surface area contributed by atoms with E-state index in [2.05, 4.69) is 50.6 Å². The molecule has 1 aromatic carbocycles. The quantitative estimate of drug-likeness (QED) is 0.280. The van der Waals surface area contributed by atoms with E-state index in [0.717, 1.165) is 37.4 Å². The smallest absolute Gasteiger partial charge is 0.297 e. The molecule has 0 atom stereocenters. The lowest BCUT2D eigenvalue weighted by molar-refractivity contribution is 0.0945. The normalized spacial score (nSPS) is 16.1. The van der Waals surface area contributed by atoms with Crippen molar-refractivity contribution in [3.63, 3.8) is 0 Å². The Kier molecular flexibility index (Phi) is 8.83. The van der Waals surface area contributed by atoms with Crippen LogP contribution in [-0.2, 0) is 9.47 Å². The number of hydrogen-bond acceptors (Lipinski definition) is 14. The first-order valence-corrected chi connectivity index (χ1v) is 11.8. The van der Waals surface area contributed by atoms with Gasteiger partial charge < -0.3 is 30.3 Å². The van der Waals surface area contributed by atoms with Gasteiger partial charge in [0.25, 0.3) is 5.91 Å². The number of nitrogens with one attached hydrogen (secondary N) is 2. The van der Waals surface area contributed by atoms with Crippen LogP contribution in [0.25, 0.3) is 0 Å². The molecule has 0 aliphatic carbocycles. The zero-order valence-corrected chi connectivity index (χ0v) is 21.5. The third-order valence-corrected chi connectivity index (χ3v) is 5.81. The summed E-state index contributed by atoms with van der Waals surface area (Å²) in [6.45, 7) is 7.17. The SMILES string of the molecule is CC(=NNC(=O)c1nonc1N)c1ccc(Nc2nc(N3CCOCC3)nc(N3CCOCC3)n2)cc1.Cl. The number of morpholine rings is 2. The van der Waals surface area contributed by atoms with Gasteiger partial charge in [-0.25, -0.2) is 10.1 Å². The van der Waals surface area contributed by atoms with Crippen molar-refractivity contribution >= 4 is 53.4 Å². The number of benzene rings is 1. The lowest BCUT2D eigenvalue weighted by Gasteiger charge is -2.30. The number of rotatable bonds is 7. The molecule has 2 aliphatic rings. The molecule has 202 valence electrons. The van der Waals surface area contributed by atoms with E-state index in [4.69, 9.17) is 20.2 Å². The number of nitrogens with two attached hydrogens (primary N) is 1. The van der Waals surface area contributed by atoms with Gasteiger partial charge in [-0.05, 0) is 34.9 Å². The lowest BCUT2D eigenvalue weighted by atomic mass is 10.1. The molecule has 2 saturated heterocycles. The summed E-state index contributed by atoms with van der Waals surface area (Å²) in [5, 5.41) is 14.2. The first-order valence-electron chi connectivity index (χ1n) is 11.8. The van der Waals surface area contributed by atoms with Gasteiger partial charge in [-0.1, -0.05) is 12.1 Å². The van der Waals surface area contributed by atoms with Crippen LogP contribution in [0.1, 0.15) is 23.0 Å². The fourth-order valence-corrected chi connectivity index (χ4v) is 3.75. The van der Waals surface area contributed by atoms with Crippen LogP contribution >= 0.6 is 12.4 Å². The summed E-state index contributed by atoms with van der Waals surface area (Å²) in [5.41, 5.74) is 9.96. The molecule has 4 N–H and O–H groups in total. The van der Waals surface area contributed by atoms with Crippen LogP contribution in [0, 0.1) is 0 Å². The second-order valence-electron chi connectivity index (χ2n) is 8.30. The van der Waals surface area contributed by atoms with Crippen LogP contribution in [0.3, 0.4) is 0 Å². The van der Waals surface area contributed by atoms with Crippen LogP contribution in [-0.4, -0.2) is 89.5 Å². The molecule has 0 bridgehead atoms. The predicted molar refractivity (Wildman–Crippen MR) is 141 cm³/mol. The molecule has 38 heavy (non-hydrogen) atoms. The van der Waals surface area contributed by atoms with E-state index < -0.39 is 5.91 Å². The Hall–Kier alpha value is -4.08. The number of ether oxygens (including phenoxy) is 2.